The normalized spacial score (nSPS) is 11.9. The van der Waals surface area contributed by atoms with Crippen LogP contribution in [0, 0.1) is 0 Å². The first-order valence-corrected chi connectivity index (χ1v) is 17.2. The van der Waals surface area contributed by atoms with Gasteiger partial charge in [-0.3, -0.25) is 4.57 Å². The summed E-state index contributed by atoms with van der Waals surface area (Å²) < 4.78 is 10.8. The zero-order valence-corrected chi connectivity index (χ0v) is 27.4. The molecule has 51 heavy (non-hydrogen) atoms. The number of para-hydroxylation sites is 3. The summed E-state index contributed by atoms with van der Waals surface area (Å²) in [6.45, 7) is 0. The van der Waals surface area contributed by atoms with Crippen molar-refractivity contribution in [3.8, 4) is 33.9 Å². The Morgan fingerprint density at radius 2 is 1.06 bits per heavy atom. The molecule has 0 aliphatic rings. The van der Waals surface area contributed by atoms with Crippen LogP contribution in [0.5, 0.6) is 0 Å². The van der Waals surface area contributed by atoms with E-state index in [1.54, 1.807) is 6.20 Å². The summed E-state index contributed by atoms with van der Waals surface area (Å²) in [6.07, 6.45) is 1.80. The third kappa shape index (κ3) is 4.15. The molecule has 238 valence electrons. The highest BCUT2D eigenvalue weighted by Gasteiger charge is 2.19. The number of nitrogens with zero attached hydrogens (tertiary/aromatic N) is 4. The van der Waals surface area contributed by atoms with Gasteiger partial charge in [0, 0.05) is 32.6 Å². The first-order valence-electron chi connectivity index (χ1n) is 17.2. The van der Waals surface area contributed by atoms with Crippen molar-refractivity contribution in [1.82, 2.24) is 19.1 Å². The molecular formula is C46H28N4O. The average molecular weight is 653 g/mol. The lowest BCUT2D eigenvalue weighted by Gasteiger charge is -2.11. The van der Waals surface area contributed by atoms with Crippen molar-refractivity contribution in [2.45, 2.75) is 0 Å². The van der Waals surface area contributed by atoms with E-state index in [1.807, 2.05) is 6.07 Å². The van der Waals surface area contributed by atoms with Gasteiger partial charge in [0.15, 0.2) is 5.58 Å². The number of fused-ring (bicyclic) bond motifs is 9. The summed E-state index contributed by atoms with van der Waals surface area (Å²) in [5.41, 5.74) is 12.5. The third-order valence-electron chi connectivity index (χ3n) is 10.2. The molecule has 0 spiro atoms. The van der Waals surface area contributed by atoms with Crippen molar-refractivity contribution in [2.24, 2.45) is 0 Å². The fourth-order valence-electron chi connectivity index (χ4n) is 7.96. The standard InChI is InChI=1S/C46H28N4O/c1-2-12-29(13-3-1)33-19-11-23-41-44(33)36-18-6-9-22-40(36)49(41)32-15-10-14-30(26-32)31-24-25-42-37(27-31)45-43(51-42)28-47-46(48-45)50-38-20-7-4-16-34(38)35-17-5-8-21-39(35)50/h1-28H. The lowest BCUT2D eigenvalue weighted by atomic mass is 9.99. The van der Waals surface area contributed by atoms with Gasteiger partial charge < -0.3 is 8.98 Å². The second-order valence-electron chi connectivity index (χ2n) is 13.0. The molecule has 7 aromatic carbocycles. The van der Waals surface area contributed by atoms with E-state index >= 15 is 0 Å². The van der Waals surface area contributed by atoms with Gasteiger partial charge in [-0.25, -0.2) is 9.97 Å². The third-order valence-corrected chi connectivity index (χ3v) is 10.2. The van der Waals surface area contributed by atoms with Crippen LogP contribution in [0.3, 0.4) is 0 Å². The Bertz CT molecular complexity index is 3090. The molecule has 0 radical (unpaired) electrons. The second kappa shape index (κ2) is 10.8. The van der Waals surface area contributed by atoms with E-state index in [2.05, 4.69) is 167 Å². The topological polar surface area (TPSA) is 48.8 Å². The van der Waals surface area contributed by atoms with Gasteiger partial charge in [0.2, 0.25) is 5.95 Å². The van der Waals surface area contributed by atoms with Crippen molar-refractivity contribution >= 4 is 65.7 Å². The molecule has 4 heterocycles. The highest BCUT2D eigenvalue weighted by molar-refractivity contribution is 6.16. The Balaban J connectivity index is 1.07. The van der Waals surface area contributed by atoms with Gasteiger partial charge in [-0.1, -0.05) is 115 Å². The summed E-state index contributed by atoms with van der Waals surface area (Å²) in [5.74, 6) is 0.622. The molecule has 0 aliphatic heterocycles. The average Bonchev–Trinajstić information content (AvgIpc) is 3.85. The molecule has 0 amide bonds. The van der Waals surface area contributed by atoms with Crippen LogP contribution in [0.1, 0.15) is 0 Å². The van der Waals surface area contributed by atoms with Gasteiger partial charge in [0.05, 0.1) is 28.3 Å². The molecule has 0 fully saturated rings. The van der Waals surface area contributed by atoms with Crippen LogP contribution in [0.4, 0.5) is 0 Å². The first-order chi connectivity index (χ1) is 25.3. The molecule has 0 N–H and O–H groups in total. The zero-order chi connectivity index (χ0) is 33.5. The lowest BCUT2D eigenvalue weighted by Crippen LogP contribution is -2.00. The maximum atomic E-state index is 6.28. The Hall–Kier alpha value is -6.98. The fraction of sp³-hybridized carbons (Fsp3) is 0. The summed E-state index contributed by atoms with van der Waals surface area (Å²) in [6, 6.07) is 58.0. The Morgan fingerprint density at radius 1 is 0.431 bits per heavy atom. The van der Waals surface area contributed by atoms with E-state index in [9.17, 15) is 0 Å². The number of aromatic nitrogens is 4. The fourth-order valence-corrected chi connectivity index (χ4v) is 7.96. The predicted molar refractivity (Wildman–Crippen MR) is 209 cm³/mol. The minimum absolute atomic E-state index is 0.622. The van der Waals surface area contributed by atoms with Gasteiger partial charge in [0.1, 0.15) is 11.1 Å². The maximum Gasteiger partial charge on any atom is 0.235 e. The van der Waals surface area contributed by atoms with Crippen molar-refractivity contribution in [3.05, 3.63) is 170 Å². The Morgan fingerprint density at radius 3 is 1.84 bits per heavy atom. The Labute approximate surface area is 292 Å². The van der Waals surface area contributed by atoms with Crippen LogP contribution in [0.25, 0.3) is 99.6 Å². The van der Waals surface area contributed by atoms with Gasteiger partial charge in [-0.15, -0.1) is 0 Å². The number of hydrogen-bond acceptors (Lipinski definition) is 3. The molecule has 11 aromatic rings. The van der Waals surface area contributed by atoms with Gasteiger partial charge in [-0.2, -0.15) is 0 Å². The SMILES string of the molecule is c1ccc(-c2cccc3c2c2ccccc2n3-c2cccc(-c3ccc4oc5cnc(-n6c7ccccc7c7ccccc76)nc5c4c3)c2)cc1. The smallest absolute Gasteiger partial charge is 0.235 e. The van der Waals surface area contributed by atoms with E-state index in [1.165, 1.54) is 43.7 Å². The summed E-state index contributed by atoms with van der Waals surface area (Å²) in [7, 11) is 0. The van der Waals surface area contributed by atoms with E-state index in [-0.39, 0.29) is 0 Å². The first kappa shape index (κ1) is 27.9. The number of hydrogen-bond donors (Lipinski definition) is 0. The molecule has 4 aromatic heterocycles. The van der Waals surface area contributed by atoms with Crippen LogP contribution in [-0.4, -0.2) is 19.1 Å². The summed E-state index contributed by atoms with van der Waals surface area (Å²) >= 11 is 0. The molecular weight excluding hydrogens is 625 g/mol. The molecule has 0 bridgehead atoms. The second-order valence-corrected chi connectivity index (χ2v) is 13.0. The van der Waals surface area contributed by atoms with Crippen LogP contribution < -0.4 is 0 Å². The van der Waals surface area contributed by atoms with Crippen molar-refractivity contribution in [2.75, 3.05) is 0 Å². The monoisotopic (exact) mass is 652 g/mol. The maximum absolute atomic E-state index is 6.28. The molecule has 0 unspecified atom stereocenters. The largest absolute Gasteiger partial charge is 0.453 e. The van der Waals surface area contributed by atoms with Crippen molar-refractivity contribution < 1.29 is 4.42 Å². The molecule has 5 nitrogen and oxygen atoms in total. The number of furan rings is 1. The number of rotatable bonds is 4. The van der Waals surface area contributed by atoms with Crippen molar-refractivity contribution in [1.29, 1.82) is 0 Å². The van der Waals surface area contributed by atoms with Crippen LogP contribution in [-0.2, 0) is 0 Å². The number of benzene rings is 7. The van der Waals surface area contributed by atoms with E-state index in [0.717, 1.165) is 44.3 Å². The molecule has 0 atom stereocenters. The molecule has 11 rings (SSSR count). The minimum atomic E-state index is 0.622. The van der Waals surface area contributed by atoms with E-state index < -0.39 is 0 Å². The Kier molecular flexibility index (Phi) is 5.89. The predicted octanol–water partition coefficient (Wildman–Crippen LogP) is 11.9. The van der Waals surface area contributed by atoms with Gasteiger partial charge in [0.25, 0.3) is 0 Å². The quantitative estimate of drug-likeness (QED) is 0.190. The van der Waals surface area contributed by atoms with Crippen LogP contribution in [0.15, 0.2) is 174 Å². The van der Waals surface area contributed by atoms with E-state index in [0.29, 0.717) is 11.5 Å². The minimum Gasteiger partial charge on any atom is -0.453 e. The summed E-state index contributed by atoms with van der Waals surface area (Å²) in [4.78, 5) is 9.95. The zero-order valence-electron chi connectivity index (χ0n) is 27.4. The molecule has 0 saturated heterocycles. The van der Waals surface area contributed by atoms with Crippen LogP contribution >= 0.6 is 0 Å². The van der Waals surface area contributed by atoms with Gasteiger partial charge in [-0.05, 0) is 70.8 Å². The molecule has 5 heteroatoms. The molecule has 0 aliphatic carbocycles. The van der Waals surface area contributed by atoms with Crippen LogP contribution in [0.2, 0.25) is 0 Å². The molecule has 0 saturated carbocycles. The van der Waals surface area contributed by atoms with Gasteiger partial charge >= 0.3 is 0 Å². The summed E-state index contributed by atoms with van der Waals surface area (Å²) in [5, 5.41) is 5.81. The highest BCUT2D eigenvalue weighted by atomic mass is 16.3. The van der Waals surface area contributed by atoms with Crippen molar-refractivity contribution in [3.63, 3.8) is 0 Å². The lowest BCUT2D eigenvalue weighted by molar-refractivity contribution is 0.665. The highest BCUT2D eigenvalue weighted by Crippen LogP contribution is 2.40. The van der Waals surface area contributed by atoms with E-state index in [4.69, 9.17) is 14.4 Å².